The topological polar surface area (TPSA) is 41.5 Å². The molecule has 2 rings (SSSR count). The second-order valence-electron chi connectivity index (χ2n) is 5.66. The van der Waals surface area contributed by atoms with E-state index in [9.17, 15) is 0 Å². The molecule has 1 saturated heterocycles. The van der Waals surface area contributed by atoms with Crippen molar-refractivity contribution in [2.75, 3.05) is 51.3 Å². The van der Waals surface area contributed by atoms with E-state index in [1.165, 1.54) is 0 Å². The number of piperazine rings is 1. The van der Waals surface area contributed by atoms with Crippen LogP contribution in [0.1, 0.15) is 31.5 Å². The largest absolute Gasteiger partial charge is 0.383 e. The maximum Gasteiger partial charge on any atom is 0.227 e. The fourth-order valence-electron chi connectivity index (χ4n) is 2.81. The molecule has 124 valence electrons. The third-order valence-corrected chi connectivity index (χ3v) is 4.45. The number of aromatic nitrogens is 2. The maximum absolute atomic E-state index is 6.38. The Bertz CT molecular complexity index is 475. The van der Waals surface area contributed by atoms with Crippen molar-refractivity contribution >= 4 is 17.5 Å². The quantitative estimate of drug-likeness (QED) is 0.720. The molecule has 0 atom stereocenters. The van der Waals surface area contributed by atoms with Gasteiger partial charge in [0.25, 0.3) is 0 Å². The summed E-state index contributed by atoms with van der Waals surface area (Å²) in [5.74, 6) is 0.789. The first kappa shape index (κ1) is 17.4. The molecule has 0 N–H and O–H groups in total. The number of rotatable bonds is 7. The number of aryl methyl sites for hydroxylation is 1. The minimum absolute atomic E-state index is 0.623. The standard InChI is InChI=1S/C16H27ClN4O/c1-4-6-14-13(5-2)15(17)19-16(18-14)21-9-7-20(8-10-21)11-12-22-3/h4-12H2,1-3H3. The highest BCUT2D eigenvalue weighted by Gasteiger charge is 2.21. The Hall–Kier alpha value is -0.910. The molecule has 0 bridgehead atoms. The molecule has 1 aromatic heterocycles. The van der Waals surface area contributed by atoms with Gasteiger partial charge in [-0.25, -0.2) is 9.97 Å². The van der Waals surface area contributed by atoms with E-state index in [2.05, 4.69) is 28.6 Å². The number of anilines is 1. The Kier molecular flexibility index (Phi) is 6.86. The molecule has 1 aliphatic rings. The summed E-state index contributed by atoms with van der Waals surface area (Å²) < 4.78 is 5.14. The third kappa shape index (κ3) is 4.31. The first-order valence-electron chi connectivity index (χ1n) is 8.21. The lowest BCUT2D eigenvalue weighted by Gasteiger charge is -2.34. The van der Waals surface area contributed by atoms with Gasteiger partial charge in [-0.15, -0.1) is 0 Å². The Balaban J connectivity index is 2.07. The maximum atomic E-state index is 6.38. The number of hydrogen-bond donors (Lipinski definition) is 0. The van der Waals surface area contributed by atoms with Gasteiger partial charge in [0.2, 0.25) is 5.95 Å². The van der Waals surface area contributed by atoms with Gasteiger partial charge in [-0.1, -0.05) is 31.9 Å². The van der Waals surface area contributed by atoms with E-state index in [1.807, 2.05) is 0 Å². The molecule has 0 aromatic carbocycles. The fourth-order valence-corrected chi connectivity index (χ4v) is 3.13. The summed E-state index contributed by atoms with van der Waals surface area (Å²) in [4.78, 5) is 14.0. The molecule has 22 heavy (non-hydrogen) atoms. The first-order valence-corrected chi connectivity index (χ1v) is 8.58. The van der Waals surface area contributed by atoms with Gasteiger partial charge in [0.15, 0.2) is 0 Å². The highest BCUT2D eigenvalue weighted by molar-refractivity contribution is 6.30. The van der Waals surface area contributed by atoms with E-state index in [-0.39, 0.29) is 0 Å². The summed E-state index contributed by atoms with van der Waals surface area (Å²) in [5, 5.41) is 0.623. The van der Waals surface area contributed by atoms with Crippen LogP contribution in [0.15, 0.2) is 0 Å². The summed E-state index contributed by atoms with van der Waals surface area (Å²) in [6.07, 6.45) is 2.93. The van der Waals surface area contributed by atoms with Crippen molar-refractivity contribution in [1.29, 1.82) is 0 Å². The second kappa shape index (κ2) is 8.65. The Labute approximate surface area is 138 Å². The van der Waals surface area contributed by atoms with Crippen molar-refractivity contribution in [3.8, 4) is 0 Å². The van der Waals surface area contributed by atoms with Crippen LogP contribution in [0.4, 0.5) is 5.95 Å². The Morgan fingerprint density at radius 3 is 2.45 bits per heavy atom. The van der Waals surface area contributed by atoms with Gasteiger partial charge in [0, 0.05) is 45.4 Å². The minimum atomic E-state index is 0.623. The average Bonchev–Trinajstić information content (AvgIpc) is 2.53. The molecule has 0 radical (unpaired) electrons. The van der Waals surface area contributed by atoms with E-state index in [4.69, 9.17) is 21.3 Å². The predicted molar refractivity (Wildman–Crippen MR) is 90.9 cm³/mol. The van der Waals surface area contributed by atoms with Crippen molar-refractivity contribution in [1.82, 2.24) is 14.9 Å². The molecular formula is C16H27ClN4O. The first-order chi connectivity index (χ1) is 10.7. The molecular weight excluding hydrogens is 300 g/mol. The molecule has 1 aromatic rings. The van der Waals surface area contributed by atoms with Crippen molar-refractivity contribution in [3.05, 3.63) is 16.4 Å². The van der Waals surface area contributed by atoms with Gasteiger partial charge in [-0.3, -0.25) is 4.90 Å². The van der Waals surface area contributed by atoms with Crippen LogP contribution in [0.25, 0.3) is 0 Å². The minimum Gasteiger partial charge on any atom is -0.383 e. The molecule has 0 aliphatic carbocycles. The molecule has 2 heterocycles. The van der Waals surface area contributed by atoms with Crippen LogP contribution >= 0.6 is 11.6 Å². The molecule has 6 heteroatoms. The average molecular weight is 327 g/mol. The summed E-state index contributed by atoms with van der Waals surface area (Å²) in [5.41, 5.74) is 2.22. The van der Waals surface area contributed by atoms with Gasteiger partial charge in [-0.05, 0) is 12.8 Å². The summed E-state index contributed by atoms with van der Waals surface area (Å²) >= 11 is 6.38. The van der Waals surface area contributed by atoms with Crippen LogP contribution in [-0.4, -0.2) is 61.3 Å². The molecule has 0 spiro atoms. The number of hydrogen-bond acceptors (Lipinski definition) is 5. The highest BCUT2D eigenvalue weighted by Crippen LogP contribution is 2.23. The lowest BCUT2D eigenvalue weighted by molar-refractivity contribution is 0.143. The summed E-state index contributed by atoms with van der Waals surface area (Å²) in [6, 6.07) is 0. The predicted octanol–water partition coefficient (Wildman–Crippen LogP) is 2.41. The zero-order chi connectivity index (χ0) is 15.9. The lowest BCUT2D eigenvalue weighted by atomic mass is 10.1. The molecule has 0 amide bonds. The zero-order valence-electron chi connectivity index (χ0n) is 13.9. The molecule has 0 saturated carbocycles. The molecule has 5 nitrogen and oxygen atoms in total. The summed E-state index contributed by atoms with van der Waals surface area (Å²) in [6.45, 7) is 9.97. The van der Waals surface area contributed by atoms with E-state index in [0.717, 1.165) is 75.8 Å². The smallest absolute Gasteiger partial charge is 0.227 e. The lowest BCUT2D eigenvalue weighted by Crippen LogP contribution is -2.48. The van der Waals surface area contributed by atoms with E-state index < -0.39 is 0 Å². The van der Waals surface area contributed by atoms with Crippen molar-refractivity contribution < 1.29 is 4.74 Å². The second-order valence-corrected chi connectivity index (χ2v) is 6.02. The van der Waals surface area contributed by atoms with E-state index >= 15 is 0 Å². The van der Waals surface area contributed by atoms with Gasteiger partial charge in [-0.2, -0.15) is 0 Å². The highest BCUT2D eigenvalue weighted by atomic mass is 35.5. The van der Waals surface area contributed by atoms with Gasteiger partial charge < -0.3 is 9.64 Å². The van der Waals surface area contributed by atoms with Gasteiger partial charge in [0.05, 0.1) is 12.3 Å². The third-order valence-electron chi connectivity index (χ3n) is 4.14. The number of nitrogens with zero attached hydrogens (tertiary/aromatic N) is 4. The molecule has 1 fully saturated rings. The van der Waals surface area contributed by atoms with Crippen LogP contribution in [-0.2, 0) is 17.6 Å². The van der Waals surface area contributed by atoms with Crippen LogP contribution < -0.4 is 4.90 Å². The van der Waals surface area contributed by atoms with Crippen molar-refractivity contribution in [3.63, 3.8) is 0 Å². The van der Waals surface area contributed by atoms with E-state index in [0.29, 0.717) is 5.15 Å². The van der Waals surface area contributed by atoms with Crippen LogP contribution in [0.3, 0.4) is 0 Å². The number of halogens is 1. The van der Waals surface area contributed by atoms with Gasteiger partial charge >= 0.3 is 0 Å². The Morgan fingerprint density at radius 1 is 1.14 bits per heavy atom. The monoisotopic (exact) mass is 326 g/mol. The van der Waals surface area contributed by atoms with Gasteiger partial charge in [0.1, 0.15) is 5.15 Å². The summed E-state index contributed by atoms with van der Waals surface area (Å²) in [7, 11) is 1.75. The zero-order valence-corrected chi connectivity index (χ0v) is 14.7. The normalized spacial score (nSPS) is 16.3. The van der Waals surface area contributed by atoms with Crippen molar-refractivity contribution in [2.45, 2.75) is 33.1 Å². The van der Waals surface area contributed by atoms with Crippen LogP contribution in [0.2, 0.25) is 5.15 Å². The van der Waals surface area contributed by atoms with Crippen LogP contribution in [0.5, 0.6) is 0 Å². The number of ether oxygens (including phenoxy) is 1. The SMILES string of the molecule is CCCc1nc(N2CCN(CCOC)CC2)nc(Cl)c1CC. The Morgan fingerprint density at radius 2 is 1.86 bits per heavy atom. The molecule has 1 aliphatic heterocycles. The van der Waals surface area contributed by atoms with E-state index in [1.54, 1.807) is 7.11 Å². The fraction of sp³-hybridized carbons (Fsp3) is 0.750. The number of methoxy groups -OCH3 is 1. The molecule has 0 unspecified atom stereocenters. The van der Waals surface area contributed by atoms with Crippen molar-refractivity contribution in [2.24, 2.45) is 0 Å². The van der Waals surface area contributed by atoms with Crippen LogP contribution in [0, 0.1) is 0 Å².